The molecule has 17 heavy (non-hydrogen) atoms. The lowest BCUT2D eigenvalue weighted by Gasteiger charge is -2.45. The summed E-state index contributed by atoms with van der Waals surface area (Å²) < 4.78 is 4.99. The Bertz CT molecular complexity index is 306. The molecule has 0 aromatic carbocycles. The molecule has 0 aliphatic carbocycles. The second kappa shape index (κ2) is 5.49. The summed E-state index contributed by atoms with van der Waals surface area (Å²) in [5.41, 5.74) is -0.725. The summed E-state index contributed by atoms with van der Waals surface area (Å²) in [6, 6.07) is -0.426. The fraction of sp³-hybridized carbons (Fsp3) is 0.833. The molecule has 1 rings (SSSR count). The fourth-order valence-corrected chi connectivity index (χ4v) is 2.09. The third-order valence-corrected chi connectivity index (χ3v) is 3.49. The highest BCUT2D eigenvalue weighted by Gasteiger charge is 2.46. The first-order chi connectivity index (χ1) is 7.97. The molecular weight excluding hydrogens is 220 g/mol. The topological polar surface area (TPSA) is 58.6 Å². The smallest absolute Gasteiger partial charge is 0.246 e. The van der Waals surface area contributed by atoms with E-state index in [0.29, 0.717) is 19.6 Å². The maximum absolute atomic E-state index is 12.1. The molecule has 1 fully saturated rings. The number of amides is 2. The number of hydrogen-bond acceptors (Lipinski definition) is 3. The van der Waals surface area contributed by atoms with Crippen molar-refractivity contribution in [2.45, 2.75) is 45.2 Å². The quantitative estimate of drug-likeness (QED) is 0.716. The predicted molar refractivity (Wildman–Crippen MR) is 64.5 cm³/mol. The van der Waals surface area contributed by atoms with Crippen LogP contribution in [0.25, 0.3) is 0 Å². The van der Waals surface area contributed by atoms with E-state index in [1.807, 2.05) is 13.8 Å². The SMILES string of the molecule is CCC1(C)C(=O)NC(C)C(=O)N1CCCOC. The molecule has 2 atom stereocenters. The molecule has 5 nitrogen and oxygen atoms in total. The molecule has 98 valence electrons. The first-order valence-electron chi connectivity index (χ1n) is 6.08. The monoisotopic (exact) mass is 242 g/mol. The van der Waals surface area contributed by atoms with E-state index >= 15 is 0 Å². The van der Waals surface area contributed by atoms with E-state index in [0.717, 1.165) is 6.42 Å². The van der Waals surface area contributed by atoms with Crippen LogP contribution in [-0.4, -0.2) is 48.6 Å². The van der Waals surface area contributed by atoms with Crippen LogP contribution in [0.5, 0.6) is 0 Å². The van der Waals surface area contributed by atoms with Crippen molar-refractivity contribution in [3.8, 4) is 0 Å². The first-order valence-corrected chi connectivity index (χ1v) is 6.08. The lowest BCUT2D eigenvalue weighted by atomic mass is 9.90. The molecule has 2 amide bonds. The van der Waals surface area contributed by atoms with E-state index in [9.17, 15) is 9.59 Å². The number of nitrogens with zero attached hydrogens (tertiary/aromatic N) is 1. The third kappa shape index (κ3) is 2.60. The highest BCUT2D eigenvalue weighted by atomic mass is 16.5. The van der Waals surface area contributed by atoms with Gasteiger partial charge < -0.3 is 15.0 Å². The van der Waals surface area contributed by atoms with Crippen molar-refractivity contribution >= 4 is 11.8 Å². The molecule has 1 heterocycles. The molecular formula is C12H22N2O3. The Kier molecular flexibility index (Phi) is 4.51. The second-order valence-corrected chi connectivity index (χ2v) is 4.66. The summed E-state index contributed by atoms with van der Waals surface area (Å²) in [7, 11) is 1.63. The number of nitrogens with one attached hydrogen (secondary N) is 1. The number of methoxy groups -OCH3 is 1. The zero-order valence-electron chi connectivity index (χ0n) is 11.1. The lowest BCUT2D eigenvalue weighted by Crippen LogP contribution is -2.68. The maximum Gasteiger partial charge on any atom is 0.246 e. The summed E-state index contributed by atoms with van der Waals surface area (Å²) >= 11 is 0. The van der Waals surface area contributed by atoms with Crippen LogP contribution >= 0.6 is 0 Å². The van der Waals surface area contributed by atoms with Gasteiger partial charge in [-0.2, -0.15) is 0 Å². The zero-order chi connectivity index (χ0) is 13.1. The van der Waals surface area contributed by atoms with Crippen LogP contribution in [0.2, 0.25) is 0 Å². The molecule has 5 heteroatoms. The Hall–Kier alpha value is -1.10. The Balaban J connectivity index is 2.83. The molecule has 0 radical (unpaired) electrons. The number of rotatable bonds is 5. The molecule has 0 aromatic heterocycles. The van der Waals surface area contributed by atoms with Crippen molar-refractivity contribution in [3.63, 3.8) is 0 Å². The van der Waals surface area contributed by atoms with Gasteiger partial charge >= 0.3 is 0 Å². The molecule has 0 bridgehead atoms. The van der Waals surface area contributed by atoms with E-state index < -0.39 is 11.6 Å². The van der Waals surface area contributed by atoms with E-state index in [4.69, 9.17) is 4.74 Å². The molecule has 2 unspecified atom stereocenters. The molecule has 0 aromatic rings. The van der Waals surface area contributed by atoms with Gasteiger partial charge in [-0.15, -0.1) is 0 Å². The van der Waals surface area contributed by atoms with Gasteiger partial charge in [-0.05, 0) is 26.7 Å². The largest absolute Gasteiger partial charge is 0.385 e. The van der Waals surface area contributed by atoms with Crippen LogP contribution < -0.4 is 5.32 Å². The zero-order valence-corrected chi connectivity index (χ0v) is 11.1. The van der Waals surface area contributed by atoms with Crippen molar-refractivity contribution in [2.75, 3.05) is 20.3 Å². The fourth-order valence-electron chi connectivity index (χ4n) is 2.09. The van der Waals surface area contributed by atoms with Crippen molar-refractivity contribution in [1.29, 1.82) is 0 Å². The Morgan fingerprint density at radius 3 is 2.65 bits per heavy atom. The Morgan fingerprint density at radius 1 is 1.47 bits per heavy atom. The van der Waals surface area contributed by atoms with Crippen molar-refractivity contribution in [1.82, 2.24) is 10.2 Å². The van der Waals surface area contributed by atoms with Crippen LogP contribution in [0.15, 0.2) is 0 Å². The van der Waals surface area contributed by atoms with Crippen molar-refractivity contribution < 1.29 is 14.3 Å². The molecule has 0 spiro atoms. The summed E-state index contributed by atoms with van der Waals surface area (Å²) in [6.45, 7) is 6.62. The van der Waals surface area contributed by atoms with Gasteiger partial charge in [0.15, 0.2) is 0 Å². The molecule has 1 aliphatic heterocycles. The highest BCUT2D eigenvalue weighted by molar-refractivity contribution is 5.99. The number of piperazine rings is 1. The second-order valence-electron chi connectivity index (χ2n) is 4.66. The maximum atomic E-state index is 12.1. The van der Waals surface area contributed by atoms with Gasteiger partial charge in [0.2, 0.25) is 11.8 Å². The van der Waals surface area contributed by atoms with Gasteiger partial charge in [0.05, 0.1) is 0 Å². The molecule has 1 aliphatic rings. The molecule has 1 saturated heterocycles. The van der Waals surface area contributed by atoms with Crippen LogP contribution in [0, 0.1) is 0 Å². The minimum absolute atomic E-state index is 0.00921. The van der Waals surface area contributed by atoms with Crippen LogP contribution in [-0.2, 0) is 14.3 Å². The van der Waals surface area contributed by atoms with E-state index in [2.05, 4.69) is 5.32 Å². The van der Waals surface area contributed by atoms with Gasteiger partial charge in [-0.25, -0.2) is 0 Å². The van der Waals surface area contributed by atoms with Gasteiger partial charge in [0, 0.05) is 20.3 Å². The van der Waals surface area contributed by atoms with Crippen LogP contribution in [0.4, 0.5) is 0 Å². The standard InChI is InChI=1S/C12H22N2O3/c1-5-12(3)11(16)13-9(2)10(15)14(12)7-6-8-17-4/h9H,5-8H2,1-4H3,(H,13,16). The van der Waals surface area contributed by atoms with Crippen molar-refractivity contribution in [3.05, 3.63) is 0 Å². The third-order valence-electron chi connectivity index (χ3n) is 3.49. The number of carbonyl (C=O) groups excluding carboxylic acids is 2. The first kappa shape index (κ1) is 14.0. The normalized spacial score (nSPS) is 29.4. The molecule has 0 saturated carbocycles. The Morgan fingerprint density at radius 2 is 2.12 bits per heavy atom. The van der Waals surface area contributed by atoms with Gasteiger partial charge in [-0.1, -0.05) is 6.92 Å². The summed E-state index contributed by atoms with van der Waals surface area (Å²) in [5, 5.41) is 2.73. The minimum Gasteiger partial charge on any atom is -0.385 e. The van der Waals surface area contributed by atoms with Crippen LogP contribution in [0.1, 0.15) is 33.6 Å². The summed E-state index contributed by atoms with van der Waals surface area (Å²) in [5.74, 6) is -0.0745. The molecule has 1 N–H and O–H groups in total. The summed E-state index contributed by atoms with van der Waals surface area (Å²) in [6.07, 6.45) is 1.36. The average molecular weight is 242 g/mol. The average Bonchev–Trinajstić information content (AvgIpc) is 2.31. The van der Waals surface area contributed by atoms with E-state index in [1.165, 1.54) is 0 Å². The van der Waals surface area contributed by atoms with E-state index in [1.54, 1.807) is 18.9 Å². The highest BCUT2D eigenvalue weighted by Crippen LogP contribution is 2.25. The predicted octanol–water partition coefficient (Wildman–Crippen LogP) is 0.539. The minimum atomic E-state index is -0.725. The van der Waals surface area contributed by atoms with Gasteiger partial charge in [-0.3, -0.25) is 9.59 Å². The number of hydrogen-bond donors (Lipinski definition) is 1. The van der Waals surface area contributed by atoms with Crippen molar-refractivity contribution in [2.24, 2.45) is 0 Å². The van der Waals surface area contributed by atoms with Gasteiger partial charge in [0.1, 0.15) is 11.6 Å². The van der Waals surface area contributed by atoms with Gasteiger partial charge in [0.25, 0.3) is 0 Å². The number of ether oxygens (including phenoxy) is 1. The Labute approximate surface area is 102 Å². The lowest BCUT2D eigenvalue weighted by molar-refractivity contribution is -0.156. The van der Waals surface area contributed by atoms with E-state index in [-0.39, 0.29) is 11.8 Å². The summed E-state index contributed by atoms with van der Waals surface area (Å²) in [4.78, 5) is 25.8. The number of carbonyl (C=O) groups is 2. The van der Waals surface area contributed by atoms with Crippen LogP contribution in [0.3, 0.4) is 0 Å².